The Labute approximate surface area is 174 Å². The van der Waals surface area contributed by atoms with Crippen LogP contribution in [0.4, 0.5) is 17.1 Å². The molecule has 0 aliphatic heterocycles. The van der Waals surface area contributed by atoms with Crippen LogP contribution in [0.2, 0.25) is 0 Å². The minimum Gasteiger partial charge on any atom is -0.481 e. The fourth-order valence-corrected chi connectivity index (χ4v) is 3.55. The van der Waals surface area contributed by atoms with Crippen LogP contribution < -0.4 is 10.6 Å². The second kappa shape index (κ2) is 8.80. The van der Waals surface area contributed by atoms with Crippen LogP contribution in [0, 0.1) is 0 Å². The number of rotatable bonds is 8. The molecule has 1 heterocycles. The van der Waals surface area contributed by atoms with Gasteiger partial charge < -0.3 is 20.8 Å². The van der Waals surface area contributed by atoms with E-state index in [1.165, 1.54) is 0 Å². The summed E-state index contributed by atoms with van der Waals surface area (Å²) in [7, 11) is 0. The fraction of sp³-hybridized carbons (Fsp3) is 0.167. The molecule has 0 atom stereocenters. The van der Waals surface area contributed by atoms with Gasteiger partial charge in [0, 0.05) is 35.1 Å². The van der Waals surface area contributed by atoms with Gasteiger partial charge in [0.05, 0.1) is 23.3 Å². The van der Waals surface area contributed by atoms with E-state index < -0.39 is 5.97 Å². The Morgan fingerprint density at radius 2 is 1.53 bits per heavy atom. The maximum atomic E-state index is 10.7. The Kier molecular flexibility index (Phi) is 5.77. The number of fused-ring (bicyclic) bond motifs is 2. The minimum absolute atomic E-state index is 0.0861. The molecular formula is C24H23N3O3. The molecule has 6 nitrogen and oxygen atoms in total. The highest BCUT2D eigenvalue weighted by atomic mass is 16.4. The van der Waals surface area contributed by atoms with Gasteiger partial charge in [-0.25, -0.2) is 4.98 Å². The topological polar surface area (TPSA) is 94.5 Å². The summed E-state index contributed by atoms with van der Waals surface area (Å²) >= 11 is 0. The third-order valence-corrected chi connectivity index (χ3v) is 4.93. The van der Waals surface area contributed by atoms with Crippen molar-refractivity contribution in [3.8, 4) is 0 Å². The smallest absolute Gasteiger partial charge is 0.303 e. The molecule has 1 aromatic heterocycles. The standard InChI is InChI=1S/C24H23N3O3/c28-15-16-12-17(25-11-5-10-23(29)30)14-18(13-16)26-24-19-6-1-3-8-21(19)27-22-9-4-2-7-20(22)24/h1-4,6-9,12-14,25,28H,5,10-11,15H2,(H,26,27)(H,29,30). The summed E-state index contributed by atoms with van der Waals surface area (Å²) in [5.41, 5.74) is 5.21. The van der Waals surface area contributed by atoms with Gasteiger partial charge in [-0.2, -0.15) is 0 Å². The molecule has 0 saturated heterocycles. The van der Waals surface area contributed by atoms with Gasteiger partial charge in [-0.15, -0.1) is 0 Å². The van der Waals surface area contributed by atoms with Gasteiger partial charge in [-0.1, -0.05) is 36.4 Å². The van der Waals surface area contributed by atoms with Crippen molar-refractivity contribution in [3.63, 3.8) is 0 Å². The summed E-state index contributed by atoms with van der Waals surface area (Å²) in [4.78, 5) is 15.5. The quantitative estimate of drug-likeness (QED) is 0.248. The minimum atomic E-state index is -0.806. The van der Waals surface area contributed by atoms with Crippen LogP contribution in [0.5, 0.6) is 0 Å². The molecule has 4 rings (SSSR count). The van der Waals surface area contributed by atoms with Crippen molar-refractivity contribution in [1.82, 2.24) is 4.98 Å². The van der Waals surface area contributed by atoms with E-state index in [4.69, 9.17) is 10.1 Å². The Morgan fingerprint density at radius 1 is 0.900 bits per heavy atom. The maximum Gasteiger partial charge on any atom is 0.303 e. The van der Waals surface area contributed by atoms with E-state index in [0.717, 1.165) is 44.4 Å². The van der Waals surface area contributed by atoms with Crippen molar-refractivity contribution < 1.29 is 15.0 Å². The van der Waals surface area contributed by atoms with Gasteiger partial charge in [0.2, 0.25) is 0 Å². The number of carboxylic acids is 1. The van der Waals surface area contributed by atoms with Crippen LogP contribution in [-0.2, 0) is 11.4 Å². The molecule has 0 fully saturated rings. The molecule has 0 spiro atoms. The lowest BCUT2D eigenvalue weighted by Crippen LogP contribution is -2.06. The zero-order valence-electron chi connectivity index (χ0n) is 16.4. The van der Waals surface area contributed by atoms with Crippen molar-refractivity contribution in [3.05, 3.63) is 72.3 Å². The number of hydrogen-bond acceptors (Lipinski definition) is 5. The monoisotopic (exact) mass is 401 g/mol. The van der Waals surface area contributed by atoms with Crippen LogP contribution in [0.15, 0.2) is 66.7 Å². The average Bonchev–Trinajstić information content (AvgIpc) is 2.76. The molecule has 30 heavy (non-hydrogen) atoms. The zero-order valence-corrected chi connectivity index (χ0v) is 16.4. The van der Waals surface area contributed by atoms with Crippen molar-refractivity contribution in [2.75, 3.05) is 17.2 Å². The molecule has 3 aromatic carbocycles. The van der Waals surface area contributed by atoms with Gasteiger partial charge >= 0.3 is 5.97 Å². The Hall–Kier alpha value is -3.64. The number of pyridine rings is 1. The lowest BCUT2D eigenvalue weighted by molar-refractivity contribution is -0.137. The number of benzene rings is 3. The van der Waals surface area contributed by atoms with Crippen LogP contribution >= 0.6 is 0 Å². The van der Waals surface area contributed by atoms with Gasteiger partial charge in [-0.3, -0.25) is 4.79 Å². The Balaban J connectivity index is 1.70. The van der Waals surface area contributed by atoms with Crippen LogP contribution in [0.3, 0.4) is 0 Å². The summed E-state index contributed by atoms with van der Waals surface area (Å²) in [5.74, 6) is -0.806. The lowest BCUT2D eigenvalue weighted by Gasteiger charge is -2.16. The molecule has 152 valence electrons. The first-order valence-electron chi connectivity index (χ1n) is 9.89. The number of aliphatic carboxylic acids is 1. The molecular weight excluding hydrogens is 378 g/mol. The van der Waals surface area contributed by atoms with Gasteiger partial charge in [0.25, 0.3) is 0 Å². The number of aliphatic hydroxyl groups is 1. The number of aromatic nitrogens is 1. The SMILES string of the molecule is O=C(O)CCCNc1cc(CO)cc(Nc2c3ccccc3nc3ccccc23)c1. The summed E-state index contributed by atoms with van der Waals surface area (Å²) in [6.45, 7) is 0.457. The van der Waals surface area contributed by atoms with Crippen molar-refractivity contribution in [1.29, 1.82) is 0 Å². The first-order valence-corrected chi connectivity index (χ1v) is 9.89. The molecule has 0 radical (unpaired) electrons. The van der Waals surface area contributed by atoms with Crippen molar-refractivity contribution >= 4 is 44.8 Å². The number of carboxylic acid groups (broad SMARTS) is 1. The Morgan fingerprint density at radius 3 is 2.17 bits per heavy atom. The van der Waals surface area contributed by atoms with Crippen molar-refractivity contribution in [2.24, 2.45) is 0 Å². The molecule has 0 amide bonds. The van der Waals surface area contributed by atoms with Gasteiger partial charge in [0.15, 0.2) is 0 Å². The molecule has 0 saturated carbocycles. The molecule has 4 N–H and O–H groups in total. The first-order chi connectivity index (χ1) is 14.6. The highest BCUT2D eigenvalue weighted by molar-refractivity contribution is 6.08. The number of carbonyl (C=O) groups is 1. The molecule has 0 aliphatic carbocycles. The normalized spacial score (nSPS) is 11.0. The highest BCUT2D eigenvalue weighted by Crippen LogP contribution is 2.34. The predicted octanol–water partition coefficient (Wildman–Crippen LogP) is 4.90. The summed E-state index contributed by atoms with van der Waals surface area (Å²) in [6, 6.07) is 21.7. The highest BCUT2D eigenvalue weighted by Gasteiger charge is 2.10. The van der Waals surface area contributed by atoms with E-state index in [0.29, 0.717) is 13.0 Å². The lowest BCUT2D eigenvalue weighted by atomic mass is 10.1. The Bertz CT molecular complexity index is 1150. The van der Waals surface area contributed by atoms with E-state index in [9.17, 15) is 9.90 Å². The number of hydrogen-bond donors (Lipinski definition) is 4. The van der Waals surface area contributed by atoms with E-state index in [2.05, 4.69) is 10.6 Å². The number of nitrogens with zero attached hydrogens (tertiary/aromatic N) is 1. The van der Waals surface area contributed by atoms with E-state index in [1.54, 1.807) is 0 Å². The third-order valence-electron chi connectivity index (χ3n) is 4.93. The molecule has 0 unspecified atom stereocenters. The van der Waals surface area contributed by atoms with E-state index in [-0.39, 0.29) is 13.0 Å². The van der Waals surface area contributed by atoms with E-state index in [1.807, 2.05) is 66.7 Å². The molecule has 6 heteroatoms. The zero-order chi connectivity index (χ0) is 20.9. The fourth-order valence-electron chi connectivity index (χ4n) is 3.55. The number of para-hydroxylation sites is 2. The number of aliphatic hydroxyl groups excluding tert-OH is 1. The van der Waals surface area contributed by atoms with Gasteiger partial charge in [-0.05, 0) is 42.3 Å². The predicted molar refractivity (Wildman–Crippen MR) is 120 cm³/mol. The largest absolute Gasteiger partial charge is 0.481 e. The third kappa shape index (κ3) is 4.34. The summed E-state index contributed by atoms with van der Waals surface area (Å²) in [5, 5.41) is 27.3. The molecule has 4 aromatic rings. The summed E-state index contributed by atoms with van der Waals surface area (Å²) < 4.78 is 0. The second-order valence-corrected chi connectivity index (χ2v) is 7.15. The maximum absolute atomic E-state index is 10.7. The van der Waals surface area contributed by atoms with Crippen molar-refractivity contribution in [2.45, 2.75) is 19.4 Å². The van der Waals surface area contributed by atoms with E-state index >= 15 is 0 Å². The second-order valence-electron chi connectivity index (χ2n) is 7.15. The van der Waals surface area contributed by atoms with Crippen LogP contribution in [0.1, 0.15) is 18.4 Å². The molecule has 0 aliphatic rings. The number of anilines is 3. The average molecular weight is 401 g/mol. The van der Waals surface area contributed by atoms with Crippen LogP contribution in [0.25, 0.3) is 21.8 Å². The first kappa shape index (κ1) is 19.7. The van der Waals surface area contributed by atoms with Crippen LogP contribution in [-0.4, -0.2) is 27.7 Å². The molecule has 0 bridgehead atoms. The summed E-state index contributed by atoms with van der Waals surface area (Å²) in [6.07, 6.45) is 0.647. The van der Waals surface area contributed by atoms with Gasteiger partial charge in [0.1, 0.15) is 0 Å². The number of nitrogens with one attached hydrogen (secondary N) is 2.